The quantitative estimate of drug-likeness (QED) is 0.639. The number of alkyl halides is 2. The van der Waals surface area contributed by atoms with Crippen molar-refractivity contribution in [1.29, 1.82) is 5.26 Å². The number of halogens is 2. The normalized spacial score (nSPS) is 10.8. The maximum absolute atomic E-state index is 12.5. The van der Waals surface area contributed by atoms with Crippen molar-refractivity contribution in [3.8, 4) is 6.07 Å². The van der Waals surface area contributed by atoms with E-state index in [-0.39, 0.29) is 5.69 Å². The summed E-state index contributed by atoms with van der Waals surface area (Å²) in [5.41, 5.74) is -0.0541. The monoisotopic (exact) mass is 169 g/mol. The molecule has 0 radical (unpaired) electrons. The van der Waals surface area contributed by atoms with Gasteiger partial charge in [-0.15, -0.1) is 0 Å². The van der Waals surface area contributed by atoms with Crippen LogP contribution in [-0.2, 0) is 5.92 Å². The fraction of sp³-hybridized carbons (Fsp3) is 0.286. The van der Waals surface area contributed by atoms with Gasteiger partial charge in [0.2, 0.25) is 0 Å². The molecule has 0 saturated heterocycles. The lowest BCUT2D eigenvalue weighted by atomic mass is 10.3. The van der Waals surface area contributed by atoms with Gasteiger partial charge in [0.25, 0.3) is 0 Å². The Morgan fingerprint density at radius 3 is 2.75 bits per heavy atom. The van der Waals surface area contributed by atoms with E-state index in [0.29, 0.717) is 6.92 Å². The molecule has 12 heavy (non-hydrogen) atoms. The molecule has 0 bridgehead atoms. The molecule has 3 nitrogen and oxygen atoms in total. The van der Waals surface area contributed by atoms with Gasteiger partial charge in [0.05, 0.1) is 0 Å². The fourth-order valence-corrected chi connectivity index (χ4v) is 0.632. The Morgan fingerprint density at radius 2 is 2.25 bits per heavy atom. The number of hydrogen-bond acceptors (Lipinski definition) is 3. The highest BCUT2D eigenvalue weighted by molar-refractivity contribution is 5.18. The van der Waals surface area contributed by atoms with Crippen molar-refractivity contribution in [3.63, 3.8) is 0 Å². The minimum atomic E-state index is -3.09. The van der Waals surface area contributed by atoms with E-state index in [1.165, 1.54) is 6.07 Å². The Balaban J connectivity index is 3.13. The number of nitriles is 1. The summed E-state index contributed by atoms with van der Waals surface area (Å²) in [5.74, 6) is -3.71. The molecule has 1 rings (SSSR count). The molecule has 0 aliphatic heterocycles. The van der Waals surface area contributed by atoms with Crippen molar-refractivity contribution in [2.75, 3.05) is 0 Å². The smallest absolute Gasteiger partial charge is 0.236 e. The predicted molar refractivity (Wildman–Crippen MR) is 36.3 cm³/mol. The average Bonchev–Trinajstić information content (AvgIpc) is 2.03. The molecule has 1 aromatic rings. The molecule has 1 aromatic heterocycles. The van der Waals surface area contributed by atoms with E-state index in [9.17, 15) is 8.78 Å². The first-order valence-corrected chi connectivity index (χ1v) is 3.15. The summed E-state index contributed by atoms with van der Waals surface area (Å²) in [5, 5.41) is 8.34. The van der Waals surface area contributed by atoms with Crippen molar-refractivity contribution in [1.82, 2.24) is 9.97 Å². The zero-order valence-electron chi connectivity index (χ0n) is 6.25. The van der Waals surface area contributed by atoms with Crippen LogP contribution in [-0.4, -0.2) is 9.97 Å². The summed E-state index contributed by atoms with van der Waals surface area (Å²) in [4.78, 5) is 6.69. The second kappa shape index (κ2) is 2.81. The van der Waals surface area contributed by atoms with Gasteiger partial charge < -0.3 is 0 Å². The molecule has 0 fully saturated rings. The van der Waals surface area contributed by atoms with Gasteiger partial charge in [-0.3, -0.25) is 0 Å². The third kappa shape index (κ3) is 1.72. The second-order valence-corrected chi connectivity index (χ2v) is 2.27. The van der Waals surface area contributed by atoms with Gasteiger partial charge >= 0.3 is 5.92 Å². The van der Waals surface area contributed by atoms with E-state index < -0.39 is 11.7 Å². The van der Waals surface area contributed by atoms with Gasteiger partial charge in [-0.1, -0.05) is 0 Å². The van der Waals surface area contributed by atoms with Gasteiger partial charge in [-0.05, 0) is 6.07 Å². The predicted octanol–water partition coefficient (Wildman–Crippen LogP) is 1.46. The molecule has 5 heteroatoms. The summed E-state index contributed by atoms with van der Waals surface area (Å²) in [7, 11) is 0. The summed E-state index contributed by atoms with van der Waals surface area (Å²) >= 11 is 0. The van der Waals surface area contributed by atoms with Crippen LogP contribution in [0.3, 0.4) is 0 Å². The topological polar surface area (TPSA) is 49.6 Å². The first-order chi connectivity index (χ1) is 5.54. The Kier molecular flexibility index (Phi) is 2.00. The van der Waals surface area contributed by atoms with E-state index in [1.807, 2.05) is 0 Å². The molecular formula is C7H5F2N3. The van der Waals surface area contributed by atoms with E-state index in [4.69, 9.17) is 5.26 Å². The van der Waals surface area contributed by atoms with Crippen LogP contribution >= 0.6 is 0 Å². The Labute approximate surface area is 67.7 Å². The van der Waals surface area contributed by atoms with Crippen LogP contribution in [0.15, 0.2) is 12.3 Å². The molecule has 0 aliphatic rings. The maximum atomic E-state index is 12.5. The highest BCUT2D eigenvalue weighted by Gasteiger charge is 2.28. The third-order valence-electron chi connectivity index (χ3n) is 1.16. The Bertz CT molecular complexity index is 324. The minimum absolute atomic E-state index is 0.0541. The first-order valence-electron chi connectivity index (χ1n) is 3.15. The molecule has 0 unspecified atom stereocenters. The van der Waals surface area contributed by atoms with Crippen molar-refractivity contribution in [2.24, 2.45) is 0 Å². The van der Waals surface area contributed by atoms with E-state index in [0.717, 1.165) is 6.20 Å². The number of hydrogen-bond donors (Lipinski definition) is 0. The van der Waals surface area contributed by atoms with Crippen LogP contribution in [0.25, 0.3) is 0 Å². The van der Waals surface area contributed by atoms with Crippen LogP contribution in [0.5, 0.6) is 0 Å². The summed E-state index contributed by atoms with van der Waals surface area (Å²) < 4.78 is 25.1. The molecule has 0 aromatic carbocycles. The molecule has 0 atom stereocenters. The molecular weight excluding hydrogens is 164 g/mol. The van der Waals surface area contributed by atoms with Gasteiger partial charge in [-0.2, -0.15) is 14.0 Å². The third-order valence-corrected chi connectivity index (χ3v) is 1.16. The van der Waals surface area contributed by atoms with Crippen molar-refractivity contribution in [3.05, 3.63) is 23.8 Å². The van der Waals surface area contributed by atoms with Gasteiger partial charge in [0, 0.05) is 13.1 Å². The molecule has 0 N–H and O–H groups in total. The van der Waals surface area contributed by atoms with Crippen molar-refractivity contribution >= 4 is 0 Å². The molecule has 0 amide bonds. The lowest BCUT2D eigenvalue weighted by Crippen LogP contribution is -2.12. The standard InChI is InChI=1S/C7H5F2N3/c1-7(8,9)6-11-3-2-5(4-10)12-6/h2-3H,1H3. The van der Waals surface area contributed by atoms with E-state index in [1.54, 1.807) is 6.07 Å². The van der Waals surface area contributed by atoms with Crippen LogP contribution < -0.4 is 0 Å². The highest BCUT2D eigenvalue weighted by atomic mass is 19.3. The largest absolute Gasteiger partial charge is 0.303 e. The van der Waals surface area contributed by atoms with Gasteiger partial charge in [0.15, 0.2) is 5.82 Å². The fourth-order valence-electron chi connectivity index (χ4n) is 0.632. The zero-order valence-corrected chi connectivity index (χ0v) is 6.25. The average molecular weight is 169 g/mol. The van der Waals surface area contributed by atoms with Gasteiger partial charge in [-0.25, -0.2) is 9.97 Å². The summed E-state index contributed by atoms with van der Waals surface area (Å²) in [6, 6.07) is 2.93. The van der Waals surface area contributed by atoms with E-state index in [2.05, 4.69) is 9.97 Å². The highest BCUT2D eigenvalue weighted by Crippen LogP contribution is 2.22. The SMILES string of the molecule is CC(F)(F)c1nccc(C#N)n1. The second-order valence-electron chi connectivity index (χ2n) is 2.27. The number of nitrogens with zero attached hydrogens (tertiary/aromatic N) is 3. The summed E-state index contributed by atoms with van der Waals surface area (Å²) in [6.45, 7) is 0.684. The first kappa shape index (κ1) is 8.53. The number of aromatic nitrogens is 2. The van der Waals surface area contributed by atoms with E-state index >= 15 is 0 Å². The van der Waals surface area contributed by atoms with Crippen molar-refractivity contribution < 1.29 is 8.78 Å². The molecule has 0 saturated carbocycles. The van der Waals surface area contributed by atoms with Crippen LogP contribution in [0.1, 0.15) is 18.4 Å². The number of rotatable bonds is 1. The Hall–Kier alpha value is -1.57. The van der Waals surface area contributed by atoms with Crippen LogP contribution in [0.2, 0.25) is 0 Å². The molecule has 1 heterocycles. The lowest BCUT2D eigenvalue weighted by molar-refractivity contribution is 0.00760. The Morgan fingerprint density at radius 1 is 1.58 bits per heavy atom. The van der Waals surface area contributed by atoms with Crippen LogP contribution in [0, 0.1) is 11.3 Å². The maximum Gasteiger partial charge on any atom is 0.303 e. The lowest BCUT2D eigenvalue weighted by Gasteiger charge is -2.06. The molecule has 0 aliphatic carbocycles. The zero-order chi connectivity index (χ0) is 9.19. The van der Waals surface area contributed by atoms with Gasteiger partial charge in [0.1, 0.15) is 11.8 Å². The summed E-state index contributed by atoms with van der Waals surface area (Å²) in [6.07, 6.45) is 1.14. The van der Waals surface area contributed by atoms with Crippen molar-refractivity contribution in [2.45, 2.75) is 12.8 Å². The van der Waals surface area contributed by atoms with Crippen LogP contribution in [0.4, 0.5) is 8.78 Å². The molecule has 62 valence electrons. The molecule has 0 spiro atoms. The minimum Gasteiger partial charge on any atom is -0.236 e.